The molecule has 4 aliphatic carbocycles. The third-order valence-electron chi connectivity index (χ3n) is 6.14. The van der Waals surface area contributed by atoms with Gasteiger partial charge in [-0.15, -0.1) is 5.10 Å². The summed E-state index contributed by atoms with van der Waals surface area (Å²) in [6.45, 7) is 1.89. The number of rotatable bonds is 6. The van der Waals surface area contributed by atoms with E-state index in [0.717, 1.165) is 55.8 Å². The Kier molecular flexibility index (Phi) is 3.52. The minimum atomic E-state index is 0.553. The van der Waals surface area contributed by atoms with Crippen molar-refractivity contribution in [2.24, 2.45) is 28.9 Å². The van der Waals surface area contributed by atoms with Gasteiger partial charge in [0.05, 0.1) is 5.69 Å². The average Bonchev–Trinajstić information content (AvgIpc) is 2.84. The number of hydrogen-bond acceptors (Lipinski definition) is 3. The lowest BCUT2D eigenvalue weighted by molar-refractivity contribution is -0.0637. The van der Waals surface area contributed by atoms with Crippen molar-refractivity contribution in [1.82, 2.24) is 15.0 Å². The Balaban J connectivity index is 1.41. The predicted octanol–water partition coefficient (Wildman–Crippen LogP) is 2.78. The zero-order valence-electron chi connectivity index (χ0n) is 13.0. The summed E-state index contributed by atoms with van der Waals surface area (Å²) in [6, 6.07) is 0. The van der Waals surface area contributed by atoms with Crippen molar-refractivity contribution in [3.05, 3.63) is 11.9 Å². The van der Waals surface area contributed by atoms with Gasteiger partial charge >= 0.3 is 0 Å². The molecule has 0 amide bonds. The molecule has 2 N–H and O–H groups in total. The smallest absolute Gasteiger partial charge is 0.0827 e. The van der Waals surface area contributed by atoms with E-state index in [-0.39, 0.29) is 0 Å². The van der Waals surface area contributed by atoms with E-state index in [0.29, 0.717) is 5.41 Å². The van der Waals surface area contributed by atoms with Gasteiger partial charge in [-0.05, 0) is 87.5 Å². The summed E-state index contributed by atoms with van der Waals surface area (Å²) in [5.41, 5.74) is 7.25. The Morgan fingerprint density at radius 2 is 1.76 bits per heavy atom. The van der Waals surface area contributed by atoms with E-state index in [2.05, 4.69) is 21.2 Å². The number of hydrogen-bond donors (Lipinski definition) is 1. The van der Waals surface area contributed by atoms with E-state index < -0.39 is 0 Å². The van der Waals surface area contributed by atoms with Gasteiger partial charge < -0.3 is 5.73 Å². The normalized spacial score (nSPS) is 37.3. The molecule has 1 aromatic rings. The predicted molar refractivity (Wildman–Crippen MR) is 82.6 cm³/mol. The van der Waals surface area contributed by atoms with Crippen LogP contribution >= 0.6 is 0 Å². The summed E-state index contributed by atoms with van der Waals surface area (Å²) in [6.07, 6.45) is 14.3. The van der Waals surface area contributed by atoms with Crippen LogP contribution in [0, 0.1) is 23.2 Å². The molecule has 4 bridgehead atoms. The van der Waals surface area contributed by atoms with Crippen LogP contribution in [0.25, 0.3) is 0 Å². The van der Waals surface area contributed by atoms with Crippen molar-refractivity contribution in [1.29, 1.82) is 0 Å². The molecule has 1 heterocycles. The van der Waals surface area contributed by atoms with Gasteiger partial charge in [0.15, 0.2) is 0 Å². The molecule has 0 aliphatic heterocycles. The Labute approximate surface area is 127 Å². The molecular formula is C17H28N4. The highest BCUT2D eigenvalue weighted by molar-refractivity contribution is 5.02. The first kappa shape index (κ1) is 13.7. The standard InChI is InChI=1S/C17H28N4/c18-4-2-1-3-16-11-21(20-19-16)12-17-8-13-5-14(9-17)7-15(6-13)10-17/h11,13-15H,1-10,12,18H2. The molecule has 0 radical (unpaired) electrons. The molecule has 5 rings (SSSR count). The van der Waals surface area contributed by atoms with Gasteiger partial charge in [0.25, 0.3) is 0 Å². The van der Waals surface area contributed by atoms with Gasteiger partial charge in [-0.2, -0.15) is 0 Å². The zero-order chi connectivity index (χ0) is 14.3. The summed E-state index contributed by atoms with van der Waals surface area (Å²) in [5, 5.41) is 8.76. The Morgan fingerprint density at radius 1 is 1.10 bits per heavy atom. The Bertz CT molecular complexity index is 457. The molecule has 0 atom stereocenters. The molecular weight excluding hydrogens is 260 g/mol. The summed E-state index contributed by atoms with van der Waals surface area (Å²) in [5.74, 6) is 3.05. The molecule has 4 heteroatoms. The third-order valence-corrected chi connectivity index (χ3v) is 6.14. The molecule has 4 saturated carbocycles. The molecule has 0 saturated heterocycles. The van der Waals surface area contributed by atoms with Crippen molar-refractivity contribution in [2.75, 3.05) is 6.54 Å². The first-order valence-electron chi connectivity index (χ1n) is 8.84. The van der Waals surface area contributed by atoms with E-state index in [1.54, 1.807) is 0 Å². The first-order valence-corrected chi connectivity index (χ1v) is 8.84. The van der Waals surface area contributed by atoms with E-state index in [1.807, 2.05) is 0 Å². The number of nitrogens with two attached hydrogens (primary N) is 1. The quantitative estimate of drug-likeness (QED) is 0.819. The van der Waals surface area contributed by atoms with E-state index >= 15 is 0 Å². The van der Waals surface area contributed by atoms with Gasteiger partial charge in [-0.25, -0.2) is 0 Å². The number of nitrogens with zero attached hydrogens (tertiary/aromatic N) is 3. The second-order valence-corrected chi connectivity index (χ2v) is 8.07. The summed E-state index contributed by atoms with van der Waals surface area (Å²) in [7, 11) is 0. The van der Waals surface area contributed by atoms with Gasteiger partial charge in [-0.3, -0.25) is 4.68 Å². The van der Waals surface area contributed by atoms with E-state index in [1.165, 1.54) is 38.5 Å². The largest absolute Gasteiger partial charge is 0.330 e. The minimum absolute atomic E-state index is 0.553. The fraction of sp³-hybridized carbons (Fsp3) is 0.882. The molecule has 0 unspecified atom stereocenters. The van der Waals surface area contributed by atoms with Crippen LogP contribution in [0.5, 0.6) is 0 Å². The minimum Gasteiger partial charge on any atom is -0.330 e. The Morgan fingerprint density at radius 3 is 2.38 bits per heavy atom. The molecule has 4 fully saturated rings. The highest BCUT2D eigenvalue weighted by Crippen LogP contribution is 2.60. The van der Waals surface area contributed by atoms with Crippen LogP contribution in [0.3, 0.4) is 0 Å². The highest BCUT2D eigenvalue weighted by atomic mass is 15.4. The van der Waals surface area contributed by atoms with Crippen LogP contribution in [0.2, 0.25) is 0 Å². The molecule has 0 spiro atoms. The van der Waals surface area contributed by atoms with Crippen LogP contribution < -0.4 is 5.73 Å². The highest BCUT2D eigenvalue weighted by Gasteiger charge is 2.51. The van der Waals surface area contributed by atoms with Crippen molar-refractivity contribution >= 4 is 0 Å². The molecule has 4 nitrogen and oxygen atoms in total. The van der Waals surface area contributed by atoms with Gasteiger partial charge in [0.1, 0.15) is 0 Å². The van der Waals surface area contributed by atoms with Crippen molar-refractivity contribution in [3.63, 3.8) is 0 Å². The molecule has 116 valence electrons. The Hall–Kier alpha value is -0.900. The maximum Gasteiger partial charge on any atom is 0.0827 e. The van der Waals surface area contributed by atoms with Crippen LogP contribution in [-0.4, -0.2) is 21.5 Å². The average molecular weight is 288 g/mol. The van der Waals surface area contributed by atoms with Crippen molar-refractivity contribution in [2.45, 2.75) is 64.3 Å². The topological polar surface area (TPSA) is 56.7 Å². The van der Waals surface area contributed by atoms with Crippen LogP contribution in [-0.2, 0) is 13.0 Å². The lowest BCUT2D eigenvalue weighted by Crippen LogP contribution is -2.48. The van der Waals surface area contributed by atoms with E-state index in [4.69, 9.17) is 5.73 Å². The fourth-order valence-electron chi connectivity index (χ4n) is 5.81. The van der Waals surface area contributed by atoms with Crippen LogP contribution in [0.15, 0.2) is 6.20 Å². The molecule has 1 aromatic heterocycles. The third kappa shape index (κ3) is 2.75. The van der Waals surface area contributed by atoms with Crippen LogP contribution in [0.4, 0.5) is 0 Å². The maximum atomic E-state index is 5.55. The summed E-state index contributed by atoms with van der Waals surface area (Å²) in [4.78, 5) is 0. The van der Waals surface area contributed by atoms with Crippen molar-refractivity contribution in [3.8, 4) is 0 Å². The summed E-state index contributed by atoms with van der Waals surface area (Å²) >= 11 is 0. The van der Waals surface area contributed by atoms with Crippen LogP contribution in [0.1, 0.15) is 57.1 Å². The van der Waals surface area contributed by atoms with E-state index in [9.17, 15) is 0 Å². The lowest BCUT2D eigenvalue weighted by atomic mass is 9.49. The number of unbranched alkanes of at least 4 members (excludes halogenated alkanes) is 1. The van der Waals surface area contributed by atoms with Crippen molar-refractivity contribution < 1.29 is 0 Å². The fourth-order valence-corrected chi connectivity index (χ4v) is 5.81. The SMILES string of the molecule is NCCCCc1cn(CC23CC4CC(CC(C4)C2)C3)nn1. The summed E-state index contributed by atoms with van der Waals surface area (Å²) < 4.78 is 2.14. The maximum absolute atomic E-state index is 5.55. The van der Waals surface area contributed by atoms with Gasteiger partial charge in [0.2, 0.25) is 0 Å². The lowest BCUT2D eigenvalue weighted by Gasteiger charge is -2.56. The van der Waals surface area contributed by atoms with Gasteiger partial charge in [-0.1, -0.05) is 5.21 Å². The second kappa shape index (κ2) is 5.38. The number of aromatic nitrogens is 3. The first-order chi connectivity index (χ1) is 10.2. The molecule has 4 aliphatic rings. The zero-order valence-corrected chi connectivity index (χ0v) is 13.0. The van der Waals surface area contributed by atoms with Gasteiger partial charge in [0, 0.05) is 12.7 Å². The molecule has 0 aromatic carbocycles. The number of aryl methyl sites for hydroxylation is 1. The second-order valence-electron chi connectivity index (χ2n) is 8.07. The molecule has 21 heavy (non-hydrogen) atoms. The monoisotopic (exact) mass is 288 g/mol.